The fourth-order valence-corrected chi connectivity index (χ4v) is 2.68. The average molecular weight is 305 g/mol. The number of nitrogens with zero attached hydrogens (tertiary/aromatic N) is 2. The van der Waals surface area contributed by atoms with Gasteiger partial charge in [0.1, 0.15) is 17.3 Å². The van der Waals surface area contributed by atoms with Crippen LogP contribution in [-0.4, -0.2) is 36.1 Å². The number of ether oxygens (including phenoxy) is 1. The Bertz CT molecular complexity index is 715. The zero-order chi connectivity index (χ0) is 16.1. The summed E-state index contributed by atoms with van der Waals surface area (Å²) in [4.78, 5) is 37.8. The minimum Gasteiger partial charge on any atom is -0.464 e. The van der Waals surface area contributed by atoms with Crippen LogP contribution in [-0.2, 0) is 19.1 Å². The molecule has 2 aliphatic heterocycles. The third kappa shape index (κ3) is 1.73. The van der Waals surface area contributed by atoms with Gasteiger partial charge in [0.2, 0.25) is 5.91 Å². The first kappa shape index (κ1) is 14.2. The number of carbonyl (C=O) groups excluding carboxylic acids is 3. The molecular weight excluding hydrogens is 293 g/mol. The number of hydrogen-bond donors (Lipinski definition) is 1. The van der Waals surface area contributed by atoms with Crippen molar-refractivity contribution in [1.29, 1.82) is 0 Å². The van der Waals surface area contributed by atoms with Crippen molar-refractivity contribution in [3.63, 3.8) is 0 Å². The molecule has 0 aliphatic carbocycles. The van der Waals surface area contributed by atoms with Gasteiger partial charge < -0.3 is 4.74 Å². The van der Waals surface area contributed by atoms with E-state index in [9.17, 15) is 18.8 Å². The maximum atomic E-state index is 13.0. The largest absolute Gasteiger partial charge is 0.464 e. The van der Waals surface area contributed by atoms with E-state index >= 15 is 0 Å². The predicted octanol–water partition coefficient (Wildman–Crippen LogP) is 0.206. The molecule has 2 amide bonds. The van der Waals surface area contributed by atoms with E-state index in [2.05, 4.69) is 15.3 Å². The molecule has 0 radical (unpaired) electrons. The summed E-state index contributed by atoms with van der Waals surface area (Å²) in [5.41, 5.74) is 1.29. The monoisotopic (exact) mass is 305 g/mol. The van der Waals surface area contributed by atoms with Gasteiger partial charge in [-0.15, -0.1) is 0 Å². The summed E-state index contributed by atoms with van der Waals surface area (Å²) in [7, 11) is 1.17. The number of fused-ring (bicyclic) bond motifs is 1. The Morgan fingerprint density at radius 3 is 2.59 bits per heavy atom. The zero-order valence-corrected chi connectivity index (χ0v) is 11.8. The van der Waals surface area contributed by atoms with Gasteiger partial charge in [0.05, 0.1) is 12.8 Å². The zero-order valence-electron chi connectivity index (χ0n) is 11.8. The highest BCUT2D eigenvalue weighted by atomic mass is 19.1. The molecular formula is C14H12FN3O4. The molecule has 0 unspecified atom stereocenters. The molecule has 0 aromatic heterocycles. The van der Waals surface area contributed by atoms with Crippen LogP contribution in [0, 0.1) is 11.7 Å². The molecule has 8 heteroatoms. The number of imide groups is 1. The molecule has 1 aromatic carbocycles. The van der Waals surface area contributed by atoms with E-state index in [-0.39, 0.29) is 11.4 Å². The van der Waals surface area contributed by atoms with E-state index < -0.39 is 35.1 Å². The van der Waals surface area contributed by atoms with Crippen LogP contribution in [0.5, 0.6) is 0 Å². The number of carbonyl (C=O) groups is 3. The Hall–Kier alpha value is -2.77. The number of hydrogen-bond acceptors (Lipinski definition) is 6. The quantitative estimate of drug-likeness (QED) is 0.623. The molecule has 114 valence electrons. The van der Waals surface area contributed by atoms with E-state index in [1.54, 1.807) is 0 Å². The van der Waals surface area contributed by atoms with Crippen molar-refractivity contribution in [2.75, 3.05) is 12.0 Å². The smallest absolute Gasteiger partial charge is 0.355 e. The standard InChI is InChI=1S/C14H12FN3O4/c1-14-9(10(16-17-14)12(20)22-2)11(19)18(13(14)21)8-5-3-7(15)4-6-8/h3-6,9,17H,1-2H3/t9-,14-/m0/s1. The summed E-state index contributed by atoms with van der Waals surface area (Å²) >= 11 is 0. The molecule has 1 saturated heterocycles. The van der Waals surface area contributed by atoms with Crippen LogP contribution < -0.4 is 10.3 Å². The fraction of sp³-hybridized carbons (Fsp3) is 0.286. The minimum absolute atomic E-state index is 0.145. The van der Waals surface area contributed by atoms with Crippen LogP contribution >= 0.6 is 0 Å². The van der Waals surface area contributed by atoms with Crippen molar-refractivity contribution in [3.8, 4) is 0 Å². The van der Waals surface area contributed by atoms with Gasteiger partial charge in [0, 0.05) is 0 Å². The van der Waals surface area contributed by atoms with E-state index in [0.717, 1.165) is 17.0 Å². The summed E-state index contributed by atoms with van der Waals surface area (Å²) in [5, 5.41) is 3.77. The number of anilines is 1. The third-order valence-electron chi connectivity index (χ3n) is 3.85. The second-order valence-electron chi connectivity index (χ2n) is 5.19. The maximum Gasteiger partial charge on any atom is 0.355 e. The number of methoxy groups -OCH3 is 1. The van der Waals surface area contributed by atoms with Crippen LogP contribution in [0.4, 0.5) is 10.1 Å². The van der Waals surface area contributed by atoms with Crippen molar-refractivity contribution in [2.45, 2.75) is 12.5 Å². The topological polar surface area (TPSA) is 88.1 Å². The van der Waals surface area contributed by atoms with Crippen molar-refractivity contribution >= 4 is 29.2 Å². The molecule has 1 aromatic rings. The Morgan fingerprint density at radius 1 is 1.36 bits per heavy atom. The molecule has 7 nitrogen and oxygen atoms in total. The van der Waals surface area contributed by atoms with E-state index in [1.807, 2.05) is 0 Å². The lowest BCUT2D eigenvalue weighted by Crippen LogP contribution is -2.48. The minimum atomic E-state index is -1.35. The van der Waals surface area contributed by atoms with Gasteiger partial charge in [0.25, 0.3) is 5.91 Å². The van der Waals surface area contributed by atoms with Crippen molar-refractivity contribution in [3.05, 3.63) is 30.1 Å². The first-order valence-electron chi connectivity index (χ1n) is 6.47. The number of hydrazone groups is 1. The fourth-order valence-electron chi connectivity index (χ4n) is 2.68. The number of amides is 2. The number of benzene rings is 1. The molecule has 0 saturated carbocycles. The molecule has 2 heterocycles. The van der Waals surface area contributed by atoms with Gasteiger partial charge in [0.15, 0.2) is 5.71 Å². The Labute approximate surface area is 124 Å². The van der Waals surface area contributed by atoms with E-state index in [1.165, 1.54) is 26.2 Å². The molecule has 2 atom stereocenters. The van der Waals surface area contributed by atoms with Crippen LogP contribution in [0.25, 0.3) is 0 Å². The van der Waals surface area contributed by atoms with Crippen LogP contribution in [0.1, 0.15) is 6.92 Å². The molecule has 0 bridgehead atoms. The Kier molecular flexibility index (Phi) is 2.98. The highest BCUT2D eigenvalue weighted by Crippen LogP contribution is 2.37. The van der Waals surface area contributed by atoms with Crippen molar-refractivity contribution in [1.82, 2.24) is 5.43 Å². The number of esters is 1. The number of rotatable bonds is 2. The lowest BCUT2D eigenvalue weighted by Gasteiger charge is -2.20. The Balaban J connectivity index is 2.03. The van der Waals surface area contributed by atoms with Gasteiger partial charge in [-0.2, -0.15) is 5.10 Å². The molecule has 2 aliphatic rings. The maximum absolute atomic E-state index is 13.0. The van der Waals surface area contributed by atoms with Gasteiger partial charge in [-0.05, 0) is 31.2 Å². The molecule has 1 N–H and O–H groups in total. The third-order valence-corrected chi connectivity index (χ3v) is 3.85. The second-order valence-corrected chi connectivity index (χ2v) is 5.19. The number of halogens is 1. The first-order chi connectivity index (χ1) is 10.4. The van der Waals surface area contributed by atoms with Crippen LogP contribution in [0.15, 0.2) is 29.4 Å². The van der Waals surface area contributed by atoms with Gasteiger partial charge in [-0.1, -0.05) is 0 Å². The first-order valence-corrected chi connectivity index (χ1v) is 6.47. The van der Waals surface area contributed by atoms with Gasteiger partial charge in [-0.3, -0.25) is 15.0 Å². The van der Waals surface area contributed by atoms with Crippen molar-refractivity contribution < 1.29 is 23.5 Å². The molecule has 3 rings (SSSR count). The normalized spacial score (nSPS) is 26.6. The summed E-state index contributed by atoms with van der Waals surface area (Å²) in [6.07, 6.45) is 0. The summed E-state index contributed by atoms with van der Waals surface area (Å²) in [6.45, 7) is 1.49. The van der Waals surface area contributed by atoms with E-state index in [0.29, 0.717) is 0 Å². The lowest BCUT2D eigenvalue weighted by atomic mass is 9.86. The van der Waals surface area contributed by atoms with E-state index in [4.69, 9.17) is 0 Å². The van der Waals surface area contributed by atoms with Gasteiger partial charge >= 0.3 is 5.97 Å². The van der Waals surface area contributed by atoms with Crippen LogP contribution in [0.3, 0.4) is 0 Å². The second kappa shape index (κ2) is 4.62. The summed E-state index contributed by atoms with van der Waals surface area (Å²) < 4.78 is 17.6. The number of nitrogens with one attached hydrogen (secondary N) is 1. The lowest BCUT2D eigenvalue weighted by molar-refractivity contribution is -0.133. The van der Waals surface area contributed by atoms with Crippen LogP contribution in [0.2, 0.25) is 0 Å². The molecule has 22 heavy (non-hydrogen) atoms. The molecule has 0 spiro atoms. The Morgan fingerprint density at radius 2 is 2.00 bits per heavy atom. The summed E-state index contributed by atoms with van der Waals surface area (Å²) in [5.74, 6) is -3.49. The highest BCUT2D eigenvalue weighted by molar-refractivity contribution is 6.47. The molecule has 1 fully saturated rings. The highest BCUT2D eigenvalue weighted by Gasteiger charge is 2.63. The van der Waals surface area contributed by atoms with Crippen molar-refractivity contribution in [2.24, 2.45) is 11.0 Å². The summed E-state index contributed by atoms with van der Waals surface area (Å²) in [6, 6.07) is 4.94. The SMILES string of the molecule is COC(=O)C1=NN[C@]2(C)C(=O)N(c3ccc(F)cc3)C(=O)[C@H]12. The van der Waals surface area contributed by atoms with Gasteiger partial charge in [-0.25, -0.2) is 14.1 Å². The average Bonchev–Trinajstić information content (AvgIpc) is 2.95. The predicted molar refractivity (Wildman–Crippen MR) is 73.4 cm³/mol.